The standard InChI is InChI=1S/C28H22Cl2N2O3/c29-21-11-13-23(24(30)17-21)26-14-12-22(35-26)18-25(32-27(33)20-9-5-2-6-10-20)28(34)31-16-15-19-7-3-1-4-8-19/h1-14,17-18H,15-16H2,(H,31,34)(H,32,33)/b25-18-. The van der Waals surface area contributed by atoms with Gasteiger partial charge in [-0.15, -0.1) is 0 Å². The molecule has 0 saturated carbocycles. The molecule has 0 radical (unpaired) electrons. The first kappa shape index (κ1) is 24.3. The molecule has 0 unspecified atom stereocenters. The van der Waals surface area contributed by atoms with E-state index >= 15 is 0 Å². The lowest BCUT2D eigenvalue weighted by molar-refractivity contribution is -0.117. The quantitative estimate of drug-likeness (QED) is 0.273. The van der Waals surface area contributed by atoms with E-state index in [1.54, 1.807) is 54.6 Å². The van der Waals surface area contributed by atoms with Crippen molar-refractivity contribution in [2.24, 2.45) is 0 Å². The molecule has 1 heterocycles. The highest BCUT2D eigenvalue weighted by Gasteiger charge is 2.16. The Morgan fingerprint density at radius 1 is 0.857 bits per heavy atom. The second-order valence-electron chi connectivity index (χ2n) is 7.70. The smallest absolute Gasteiger partial charge is 0.267 e. The predicted molar refractivity (Wildman–Crippen MR) is 139 cm³/mol. The summed E-state index contributed by atoms with van der Waals surface area (Å²) < 4.78 is 5.90. The fraction of sp³-hybridized carbons (Fsp3) is 0.0714. The molecule has 5 nitrogen and oxygen atoms in total. The fourth-order valence-corrected chi connectivity index (χ4v) is 3.91. The minimum atomic E-state index is -0.423. The number of carbonyl (C=O) groups excluding carboxylic acids is 2. The Bertz CT molecular complexity index is 1350. The average Bonchev–Trinajstić information content (AvgIpc) is 3.33. The van der Waals surface area contributed by atoms with Crippen LogP contribution in [0.15, 0.2) is 101 Å². The van der Waals surface area contributed by atoms with Crippen LogP contribution in [0.5, 0.6) is 0 Å². The summed E-state index contributed by atoms with van der Waals surface area (Å²) in [6, 6.07) is 27.0. The molecule has 2 N–H and O–H groups in total. The first-order valence-corrected chi connectivity index (χ1v) is 11.7. The Hall–Kier alpha value is -3.80. The molecule has 2 amide bonds. The first-order chi connectivity index (χ1) is 17.0. The van der Waals surface area contributed by atoms with Crippen LogP contribution in [0.2, 0.25) is 10.0 Å². The molecule has 3 aromatic carbocycles. The van der Waals surface area contributed by atoms with E-state index in [-0.39, 0.29) is 5.70 Å². The van der Waals surface area contributed by atoms with Crippen LogP contribution in [0.25, 0.3) is 17.4 Å². The minimum Gasteiger partial charge on any atom is -0.457 e. The Morgan fingerprint density at radius 3 is 2.29 bits per heavy atom. The van der Waals surface area contributed by atoms with Crippen LogP contribution in [0.3, 0.4) is 0 Å². The van der Waals surface area contributed by atoms with Gasteiger partial charge in [0.2, 0.25) is 0 Å². The van der Waals surface area contributed by atoms with Crippen molar-refractivity contribution in [2.45, 2.75) is 6.42 Å². The van der Waals surface area contributed by atoms with Crippen molar-refractivity contribution < 1.29 is 14.0 Å². The number of hydrogen-bond acceptors (Lipinski definition) is 3. The van der Waals surface area contributed by atoms with Crippen LogP contribution < -0.4 is 10.6 Å². The van der Waals surface area contributed by atoms with Gasteiger partial charge in [-0.2, -0.15) is 0 Å². The van der Waals surface area contributed by atoms with E-state index in [1.165, 1.54) is 6.08 Å². The highest BCUT2D eigenvalue weighted by molar-refractivity contribution is 6.36. The number of amides is 2. The molecule has 7 heteroatoms. The zero-order valence-corrected chi connectivity index (χ0v) is 20.1. The SMILES string of the molecule is O=C(NCCc1ccccc1)/C(=C/c1ccc(-c2ccc(Cl)cc2Cl)o1)NC(=O)c1ccccc1. The molecular weight excluding hydrogens is 483 g/mol. The number of nitrogens with one attached hydrogen (secondary N) is 2. The maximum absolute atomic E-state index is 13.0. The molecule has 4 rings (SSSR count). The zero-order valence-electron chi connectivity index (χ0n) is 18.6. The molecule has 35 heavy (non-hydrogen) atoms. The number of furan rings is 1. The van der Waals surface area contributed by atoms with E-state index in [2.05, 4.69) is 10.6 Å². The van der Waals surface area contributed by atoms with Gasteiger partial charge in [0.1, 0.15) is 17.2 Å². The summed E-state index contributed by atoms with van der Waals surface area (Å²) in [7, 11) is 0. The Kier molecular flexibility index (Phi) is 8.03. The van der Waals surface area contributed by atoms with E-state index in [0.29, 0.717) is 45.7 Å². The third-order valence-electron chi connectivity index (χ3n) is 5.18. The summed E-state index contributed by atoms with van der Waals surface area (Å²) in [5.74, 6) is 0.0685. The van der Waals surface area contributed by atoms with Gasteiger partial charge in [0.15, 0.2) is 0 Å². The lowest BCUT2D eigenvalue weighted by Gasteiger charge is -2.11. The van der Waals surface area contributed by atoms with Crippen molar-refractivity contribution >= 4 is 41.1 Å². The van der Waals surface area contributed by atoms with Crippen LogP contribution in [0, 0.1) is 0 Å². The van der Waals surface area contributed by atoms with E-state index in [9.17, 15) is 9.59 Å². The summed E-state index contributed by atoms with van der Waals surface area (Å²) in [6.45, 7) is 0.408. The van der Waals surface area contributed by atoms with Gasteiger partial charge in [-0.1, -0.05) is 71.7 Å². The summed E-state index contributed by atoms with van der Waals surface area (Å²) in [5.41, 5.74) is 2.26. The van der Waals surface area contributed by atoms with Gasteiger partial charge in [-0.05, 0) is 54.4 Å². The van der Waals surface area contributed by atoms with E-state index in [0.717, 1.165) is 5.56 Å². The van der Waals surface area contributed by atoms with Crippen LogP contribution >= 0.6 is 23.2 Å². The van der Waals surface area contributed by atoms with Gasteiger partial charge in [0.05, 0.1) is 5.02 Å². The molecule has 0 bridgehead atoms. The molecule has 1 aromatic heterocycles. The van der Waals surface area contributed by atoms with E-state index < -0.39 is 11.8 Å². The summed E-state index contributed by atoms with van der Waals surface area (Å²) in [6.07, 6.45) is 2.15. The summed E-state index contributed by atoms with van der Waals surface area (Å²) >= 11 is 12.3. The predicted octanol–water partition coefficient (Wildman–Crippen LogP) is 6.38. The molecule has 4 aromatic rings. The molecule has 0 fully saturated rings. The third kappa shape index (κ3) is 6.63. The Morgan fingerprint density at radius 2 is 1.57 bits per heavy atom. The molecular formula is C28H22Cl2N2O3. The van der Waals surface area contributed by atoms with Crippen molar-refractivity contribution in [1.82, 2.24) is 10.6 Å². The molecule has 0 aliphatic heterocycles. The van der Waals surface area contributed by atoms with Crippen LogP contribution in [0.1, 0.15) is 21.7 Å². The van der Waals surface area contributed by atoms with Gasteiger partial charge >= 0.3 is 0 Å². The van der Waals surface area contributed by atoms with Gasteiger partial charge in [0.25, 0.3) is 11.8 Å². The Balaban J connectivity index is 1.55. The monoisotopic (exact) mass is 504 g/mol. The first-order valence-electron chi connectivity index (χ1n) is 10.9. The van der Waals surface area contributed by atoms with E-state index in [4.69, 9.17) is 27.6 Å². The molecule has 176 valence electrons. The van der Waals surface area contributed by atoms with Crippen LogP contribution in [0.4, 0.5) is 0 Å². The lowest BCUT2D eigenvalue weighted by atomic mass is 10.1. The highest BCUT2D eigenvalue weighted by atomic mass is 35.5. The Labute approximate surface area is 213 Å². The summed E-state index contributed by atoms with van der Waals surface area (Å²) in [4.78, 5) is 25.8. The maximum Gasteiger partial charge on any atom is 0.267 e. The van der Waals surface area contributed by atoms with Gasteiger partial charge in [-0.3, -0.25) is 9.59 Å². The maximum atomic E-state index is 13.0. The second kappa shape index (κ2) is 11.6. The molecule has 0 atom stereocenters. The van der Waals surface area contributed by atoms with Gasteiger partial charge in [0, 0.05) is 28.8 Å². The van der Waals surface area contributed by atoms with Crippen molar-refractivity contribution in [1.29, 1.82) is 0 Å². The topological polar surface area (TPSA) is 71.3 Å². The van der Waals surface area contributed by atoms with Crippen molar-refractivity contribution in [3.63, 3.8) is 0 Å². The van der Waals surface area contributed by atoms with Gasteiger partial charge in [-0.25, -0.2) is 0 Å². The summed E-state index contributed by atoms with van der Waals surface area (Å²) in [5, 5.41) is 6.53. The number of hydrogen-bond donors (Lipinski definition) is 2. The van der Waals surface area contributed by atoms with Crippen molar-refractivity contribution in [3.05, 3.63) is 124 Å². The largest absolute Gasteiger partial charge is 0.457 e. The molecule has 0 aliphatic rings. The lowest BCUT2D eigenvalue weighted by Crippen LogP contribution is -2.35. The average molecular weight is 505 g/mol. The van der Waals surface area contributed by atoms with Gasteiger partial charge < -0.3 is 15.1 Å². The number of benzene rings is 3. The third-order valence-corrected chi connectivity index (χ3v) is 5.73. The van der Waals surface area contributed by atoms with Crippen LogP contribution in [-0.2, 0) is 11.2 Å². The van der Waals surface area contributed by atoms with Crippen molar-refractivity contribution in [3.8, 4) is 11.3 Å². The number of carbonyl (C=O) groups is 2. The molecule has 0 saturated heterocycles. The molecule has 0 spiro atoms. The number of halogens is 2. The number of rotatable bonds is 8. The second-order valence-corrected chi connectivity index (χ2v) is 8.54. The zero-order chi connectivity index (χ0) is 24.6. The minimum absolute atomic E-state index is 0.0648. The van der Waals surface area contributed by atoms with Crippen molar-refractivity contribution in [2.75, 3.05) is 6.54 Å². The van der Waals surface area contributed by atoms with E-state index in [1.807, 2.05) is 36.4 Å². The molecule has 0 aliphatic carbocycles. The fourth-order valence-electron chi connectivity index (χ4n) is 3.41. The highest BCUT2D eigenvalue weighted by Crippen LogP contribution is 2.32. The normalized spacial score (nSPS) is 11.2. The van der Waals surface area contributed by atoms with Crippen LogP contribution in [-0.4, -0.2) is 18.4 Å².